The summed E-state index contributed by atoms with van der Waals surface area (Å²) in [5.74, 6) is 1.88. The number of ether oxygens (including phenoxy) is 1. The van der Waals surface area contributed by atoms with Crippen molar-refractivity contribution in [1.29, 1.82) is 0 Å². The largest absolute Gasteiger partial charge is 0.495 e. The van der Waals surface area contributed by atoms with Crippen molar-refractivity contribution in [3.63, 3.8) is 0 Å². The predicted octanol–water partition coefficient (Wildman–Crippen LogP) is 4.33. The lowest BCUT2D eigenvalue weighted by molar-refractivity contribution is 0.182. The van der Waals surface area contributed by atoms with Crippen LogP contribution < -0.4 is 4.74 Å². The van der Waals surface area contributed by atoms with Gasteiger partial charge in [-0.3, -0.25) is 0 Å². The molecule has 1 aromatic heterocycles. The highest BCUT2D eigenvalue weighted by atomic mass is 79.9. The Hall–Kier alpha value is -0.650. The summed E-state index contributed by atoms with van der Waals surface area (Å²) in [7, 11) is 1.68. The van der Waals surface area contributed by atoms with Crippen LogP contribution >= 0.6 is 27.3 Å². The fraction of sp³-hybridized carbons (Fsp3) is 0.533. The molecule has 0 spiro atoms. The molecule has 0 atom stereocenters. The lowest BCUT2D eigenvalue weighted by atomic mass is 9.83. The Morgan fingerprint density at radius 1 is 1.35 bits per heavy atom. The first-order chi connectivity index (χ1) is 9.71. The van der Waals surface area contributed by atoms with Gasteiger partial charge in [0, 0.05) is 18.6 Å². The molecule has 1 aliphatic rings. The van der Waals surface area contributed by atoms with E-state index in [1.54, 1.807) is 18.4 Å². The highest BCUT2D eigenvalue weighted by Gasteiger charge is 2.24. The van der Waals surface area contributed by atoms with Gasteiger partial charge in [0.15, 0.2) is 0 Å². The molecule has 3 rings (SSSR count). The third-order valence-electron chi connectivity index (χ3n) is 4.13. The molecule has 0 saturated heterocycles. The fourth-order valence-electron chi connectivity index (χ4n) is 2.87. The number of aliphatic hydroxyl groups is 1. The molecule has 1 N–H and O–H groups in total. The highest BCUT2D eigenvalue weighted by Crippen LogP contribution is 2.40. The average molecular weight is 356 g/mol. The molecule has 0 amide bonds. The van der Waals surface area contributed by atoms with Crippen LogP contribution in [0, 0.1) is 5.92 Å². The third kappa shape index (κ3) is 2.71. The SMILES string of the molecule is COc1cc2nc(C3CCC(CO)CC3)sc2cc1Br. The first-order valence-electron chi connectivity index (χ1n) is 6.96. The summed E-state index contributed by atoms with van der Waals surface area (Å²) in [5.41, 5.74) is 1.02. The van der Waals surface area contributed by atoms with Gasteiger partial charge in [0.25, 0.3) is 0 Å². The Morgan fingerprint density at radius 3 is 2.75 bits per heavy atom. The highest BCUT2D eigenvalue weighted by molar-refractivity contribution is 9.10. The molecule has 108 valence electrons. The normalized spacial score (nSPS) is 23.1. The van der Waals surface area contributed by atoms with Gasteiger partial charge in [-0.25, -0.2) is 4.98 Å². The van der Waals surface area contributed by atoms with Gasteiger partial charge in [0.2, 0.25) is 0 Å². The Balaban J connectivity index is 1.86. The van der Waals surface area contributed by atoms with Crippen LogP contribution in [0.2, 0.25) is 0 Å². The van der Waals surface area contributed by atoms with Crippen LogP contribution in [0.5, 0.6) is 5.75 Å². The van der Waals surface area contributed by atoms with Crippen LogP contribution in [0.1, 0.15) is 36.6 Å². The molecule has 5 heteroatoms. The molecule has 20 heavy (non-hydrogen) atoms. The van der Waals surface area contributed by atoms with Crippen molar-refractivity contribution in [2.45, 2.75) is 31.6 Å². The Labute approximate surface area is 131 Å². The maximum absolute atomic E-state index is 9.22. The summed E-state index contributed by atoms with van der Waals surface area (Å²) in [5, 5.41) is 10.5. The van der Waals surface area contributed by atoms with Crippen LogP contribution in [0.25, 0.3) is 10.2 Å². The van der Waals surface area contributed by atoms with Crippen LogP contribution in [-0.4, -0.2) is 23.8 Å². The van der Waals surface area contributed by atoms with Gasteiger partial charge >= 0.3 is 0 Å². The maximum atomic E-state index is 9.22. The second kappa shape index (κ2) is 6.00. The van der Waals surface area contributed by atoms with Crippen molar-refractivity contribution in [1.82, 2.24) is 4.98 Å². The summed E-state index contributed by atoms with van der Waals surface area (Å²) in [6.45, 7) is 0.330. The number of rotatable bonds is 3. The number of fused-ring (bicyclic) bond motifs is 1. The summed E-state index contributed by atoms with van der Waals surface area (Å²) in [6, 6.07) is 4.09. The molecular formula is C15H18BrNO2S. The number of hydrogen-bond acceptors (Lipinski definition) is 4. The van der Waals surface area contributed by atoms with E-state index in [0.29, 0.717) is 18.4 Å². The van der Waals surface area contributed by atoms with E-state index in [2.05, 4.69) is 22.0 Å². The Morgan fingerprint density at radius 2 is 2.10 bits per heavy atom. The van der Waals surface area contributed by atoms with Crippen LogP contribution in [0.15, 0.2) is 16.6 Å². The maximum Gasteiger partial charge on any atom is 0.135 e. The molecule has 1 heterocycles. The van der Waals surface area contributed by atoms with E-state index in [0.717, 1.165) is 41.4 Å². The molecule has 3 nitrogen and oxygen atoms in total. The number of aromatic nitrogens is 1. The second-order valence-electron chi connectivity index (χ2n) is 5.41. The molecule has 0 radical (unpaired) electrons. The number of benzene rings is 1. The predicted molar refractivity (Wildman–Crippen MR) is 85.7 cm³/mol. The molecular weight excluding hydrogens is 338 g/mol. The zero-order chi connectivity index (χ0) is 14.1. The standard InChI is InChI=1S/C15H18BrNO2S/c1-19-13-7-12-14(6-11(13)16)20-15(17-12)10-4-2-9(8-18)3-5-10/h6-7,9-10,18H,2-5,8H2,1H3. The molecule has 1 saturated carbocycles. The first-order valence-corrected chi connectivity index (χ1v) is 8.57. The lowest BCUT2D eigenvalue weighted by Gasteiger charge is -2.25. The van der Waals surface area contributed by atoms with Gasteiger partial charge < -0.3 is 9.84 Å². The van der Waals surface area contributed by atoms with Crippen LogP contribution in [-0.2, 0) is 0 Å². The minimum absolute atomic E-state index is 0.330. The zero-order valence-electron chi connectivity index (χ0n) is 11.4. The summed E-state index contributed by atoms with van der Waals surface area (Å²) in [6.07, 6.45) is 4.51. The summed E-state index contributed by atoms with van der Waals surface area (Å²) < 4.78 is 7.51. The molecule has 1 aliphatic carbocycles. The zero-order valence-corrected chi connectivity index (χ0v) is 13.8. The summed E-state index contributed by atoms with van der Waals surface area (Å²) >= 11 is 5.31. The van der Waals surface area contributed by atoms with Gasteiger partial charge in [0.1, 0.15) is 5.75 Å². The molecule has 0 bridgehead atoms. The van der Waals surface area contributed by atoms with E-state index >= 15 is 0 Å². The van der Waals surface area contributed by atoms with E-state index in [4.69, 9.17) is 9.72 Å². The monoisotopic (exact) mass is 355 g/mol. The van der Waals surface area contributed by atoms with E-state index in [9.17, 15) is 5.11 Å². The Kier molecular flexibility index (Phi) is 4.29. The first kappa shape index (κ1) is 14.3. The van der Waals surface area contributed by atoms with E-state index in [-0.39, 0.29) is 0 Å². The van der Waals surface area contributed by atoms with Gasteiger partial charge in [-0.15, -0.1) is 11.3 Å². The van der Waals surface area contributed by atoms with Crippen molar-refractivity contribution >= 4 is 37.5 Å². The quantitative estimate of drug-likeness (QED) is 0.890. The molecule has 0 aliphatic heterocycles. The molecule has 1 aromatic carbocycles. The van der Waals surface area contributed by atoms with E-state index < -0.39 is 0 Å². The van der Waals surface area contributed by atoms with Crippen LogP contribution in [0.3, 0.4) is 0 Å². The van der Waals surface area contributed by atoms with E-state index in [1.807, 2.05) is 6.07 Å². The number of halogens is 1. The van der Waals surface area contributed by atoms with E-state index in [1.165, 1.54) is 9.71 Å². The second-order valence-corrected chi connectivity index (χ2v) is 7.32. The van der Waals surface area contributed by atoms with Crippen molar-refractivity contribution in [2.75, 3.05) is 13.7 Å². The minimum atomic E-state index is 0.330. The average Bonchev–Trinajstić information content (AvgIpc) is 2.89. The number of methoxy groups -OCH3 is 1. The van der Waals surface area contributed by atoms with Gasteiger partial charge in [-0.05, 0) is 53.6 Å². The molecule has 1 fully saturated rings. The van der Waals surface area contributed by atoms with Crippen molar-refractivity contribution in [3.05, 3.63) is 21.6 Å². The van der Waals surface area contributed by atoms with Crippen LogP contribution in [0.4, 0.5) is 0 Å². The smallest absolute Gasteiger partial charge is 0.135 e. The Bertz CT molecular complexity index is 605. The molecule has 0 unspecified atom stereocenters. The number of thiazole rings is 1. The van der Waals surface area contributed by atoms with Crippen molar-refractivity contribution < 1.29 is 9.84 Å². The number of hydrogen-bond donors (Lipinski definition) is 1. The van der Waals surface area contributed by atoms with Crippen molar-refractivity contribution in [2.24, 2.45) is 5.92 Å². The van der Waals surface area contributed by atoms with Gasteiger partial charge in [-0.1, -0.05) is 0 Å². The van der Waals surface area contributed by atoms with Crippen molar-refractivity contribution in [3.8, 4) is 5.75 Å². The number of nitrogens with zero attached hydrogens (tertiary/aromatic N) is 1. The van der Waals surface area contributed by atoms with Gasteiger partial charge in [0.05, 0.1) is 26.8 Å². The fourth-order valence-corrected chi connectivity index (χ4v) is 4.69. The lowest BCUT2D eigenvalue weighted by Crippen LogP contribution is -2.15. The third-order valence-corrected chi connectivity index (χ3v) is 5.93. The molecule has 2 aromatic rings. The topological polar surface area (TPSA) is 42.4 Å². The van der Waals surface area contributed by atoms with Gasteiger partial charge in [-0.2, -0.15) is 0 Å². The number of aliphatic hydroxyl groups excluding tert-OH is 1. The minimum Gasteiger partial charge on any atom is -0.495 e. The summed E-state index contributed by atoms with van der Waals surface area (Å²) in [4.78, 5) is 4.79.